The number of nitrogens with zero attached hydrogens (tertiary/aromatic N) is 5. The predicted molar refractivity (Wildman–Crippen MR) is 248 cm³/mol. The van der Waals surface area contributed by atoms with E-state index >= 15 is 0 Å². The Hall–Kier alpha value is -8.15. The summed E-state index contributed by atoms with van der Waals surface area (Å²) in [5, 5.41) is 7.43. The lowest BCUT2D eigenvalue weighted by Crippen LogP contribution is -2.00. The number of rotatable bonds is 6. The SMILES string of the molecule is c1ccc(-c2nc(-c3ccc(-c4cc5c(c6ccccc46)c4ccccc4n5-c4ccccc4)cc3)nc(-c3ccc(-n4c5ccccc5c5ccccc54)cc3)n2)cc1. The summed E-state index contributed by atoms with van der Waals surface area (Å²) in [7, 11) is 0. The number of hydrogen-bond donors (Lipinski definition) is 0. The fourth-order valence-electron chi connectivity index (χ4n) is 9.03. The average Bonchev–Trinajstić information content (AvgIpc) is 3.85. The molecule has 0 bridgehead atoms. The molecule has 0 radical (unpaired) electrons. The summed E-state index contributed by atoms with van der Waals surface area (Å²) in [6.45, 7) is 0. The highest BCUT2D eigenvalue weighted by Crippen LogP contribution is 2.42. The molecule has 0 aliphatic heterocycles. The molecule has 5 heteroatoms. The standard InChI is InChI=1S/C55H35N5/c1-3-15-37(16-4-1)53-56-54(58-55(57-53)39-31-33-41(34-32-39)59-48-24-12-9-20-43(48)44-21-10-13-25-49(44)59)38-29-27-36(28-30-38)47-35-51-52(45-22-8-7-19-42(45)47)46-23-11-14-26-50(46)60(51)40-17-5-2-6-18-40/h1-35H. The van der Waals surface area contributed by atoms with Gasteiger partial charge in [0, 0.05) is 49.6 Å². The van der Waals surface area contributed by atoms with Crippen LogP contribution in [-0.4, -0.2) is 24.1 Å². The molecule has 0 saturated carbocycles. The van der Waals surface area contributed by atoms with Gasteiger partial charge >= 0.3 is 0 Å². The quantitative estimate of drug-likeness (QED) is 0.169. The maximum atomic E-state index is 5.12. The third-order valence-electron chi connectivity index (χ3n) is 11.8. The van der Waals surface area contributed by atoms with Crippen LogP contribution < -0.4 is 0 Å². The number of hydrogen-bond acceptors (Lipinski definition) is 3. The lowest BCUT2D eigenvalue weighted by molar-refractivity contribution is 1.07. The first-order valence-corrected chi connectivity index (χ1v) is 20.3. The molecule has 12 rings (SSSR count). The molecule has 9 aromatic carbocycles. The lowest BCUT2D eigenvalue weighted by Gasteiger charge is -2.13. The maximum Gasteiger partial charge on any atom is 0.164 e. The molecule has 0 saturated heterocycles. The highest BCUT2D eigenvalue weighted by atomic mass is 15.0. The van der Waals surface area contributed by atoms with E-state index < -0.39 is 0 Å². The van der Waals surface area contributed by atoms with Crippen LogP contribution in [0.15, 0.2) is 212 Å². The second-order valence-electron chi connectivity index (χ2n) is 15.2. The Morgan fingerprint density at radius 3 is 1.23 bits per heavy atom. The summed E-state index contributed by atoms with van der Waals surface area (Å²) in [6, 6.07) is 75.0. The molecule has 0 aliphatic rings. The molecule has 60 heavy (non-hydrogen) atoms. The molecule has 0 amide bonds. The van der Waals surface area contributed by atoms with Crippen molar-refractivity contribution in [3.05, 3.63) is 212 Å². The van der Waals surface area contributed by atoms with E-state index in [9.17, 15) is 0 Å². The van der Waals surface area contributed by atoms with Gasteiger partial charge in [0.25, 0.3) is 0 Å². The fraction of sp³-hybridized carbons (Fsp3) is 0. The molecule has 0 spiro atoms. The van der Waals surface area contributed by atoms with Crippen molar-refractivity contribution in [3.8, 4) is 56.7 Å². The molecule has 280 valence electrons. The Kier molecular flexibility index (Phi) is 7.78. The van der Waals surface area contributed by atoms with Gasteiger partial charge in [-0.3, -0.25) is 0 Å². The molecule has 5 nitrogen and oxygen atoms in total. The van der Waals surface area contributed by atoms with Gasteiger partial charge in [-0.1, -0.05) is 152 Å². The zero-order valence-corrected chi connectivity index (χ0v) is 32.4. The Balaban J connectivity index is 0.975. The molecule has 3 aromatic heterocycles. The summed E-state index contributed by atoms with van der Waals surface area (Å²) < 4.78 is 4.72. The van der Waals surface area contributed by atoms with Crippen LogP contribution in [0.2, 0.25) is 0 Å². The van der Waals surface area contributed by atoms with Gasteiger partial charge in [0.15, 0.2) is 17.5 Å². The average molecular weight is 766 g/mol. The van der Waals surface area contributed by atoms with Gasteiger partial charge in [-0.2, -0.15) is 0 Å². The molecule has 0 fully saturated rings. The predicted octanol–water partition coefficient (Wildman–Crippen LogP) is 13.9. The van der Waals surface area contributed by atoms with Crippen molar-refractivity contribution in [1.29, 1.82) is 0 Å². The Morgan fingerprint density at radius 1 is 0.267 bits per heavy atom. The molecule has 0 atom stereocenters. The van der Waals surface area contributed by atoms with Crippen molar-refractivity contribution >= 4 is 54.4 Å². The zero-order chi connectivity index (χ0) is 39.6. The number of para-hydroxylation sites is 4. The second kappa shape index (κ2) is 13.8. The van der Waals surface area contributed by atoms with Gasteiger partial charge in [-0.15, -0.1) is 0 Å². The summed E-state index contributed by atoms with van der Waals surface area (Å²) in [6.07, 6.45) is 0. The minimum Gasteiger partial charge on any atom is -0.309 e. The first-order chi connectivity index (χ1) is 29.8. The van der Waals surface area contributed by atoms with Gasteiger partial charge in [0.1, 0.15) is 0 Å². The highest BCUT2D eigenvalue weighted by molar-refractivity contribution is 6.24. The number of benzene rings is 9. The smallest absolute Gasteiger partial charge is 0.164 e. The van der Waals surface area contributed by atoms with Crippen molar-refractivity contribution in [3.63, 3.8) is 0 Å². The molecular weight excluding hydrogens is 731 g/mol. The van der Waals surface area contributed by atoms with Gasteiger partial charge < -0.3 is 9.13 Å². The van der Waals surface area contributed by atoms with Gasteiger partial charge in [0.05, 0.1) is 22.1 Å². The third-order valence-corrected chi connectivity index (χ3v) is 11.8. The topological polar surface area (TPSA) is 48.5 Å². The van der Waals surface area contributed by atoms with E-state index in [1.807, 2.05) is 30.3 Å². The van der Waals surface area contributed by atoms with E-state index in [1.165, 1.54) is 59.9 Å². The first kappa shape index (κ1) is 33.9. The molecule has 12 aromatic rings. The van der Waals surface area contributed by atoms with Crippen LogP contribution in [-0.2, 0) is 0 Å². The van der Waals surface area contributed by atoms with Crippen molar-refractivity contribution < 1.29 is 0 Å². The monoisotopic (exact) mass is 765 g/mol. The Labute approximate surface area is 346 Å². The first-order valence-electron chi connectivity index (χ1n) is 20.3. The van der Waals surface area contributed by atoms with E-state index in [0.29, 0.717) is 17.5 Å². The van der Waals surface area contributed by atoms with Gasteiger partial charge in [-0.05, 0) is 82.6 Å². The normalized spacial score (nSPS) is 11.7. The summed E-state index contributed by atoms with van der Waals surface area (Å²) >= 11 is 0. The minimum atomic E-state index is 0.626. The summed E-state index contributed by atoms with van der Waals surface area (Å²) in [5.41, 5.74) is 12.0. The van der Waals surface area contributed by atoms with E-state index in [2.05, 4.69) is 191 Å². The van der Waals surface area contributed by atoms with Gasteiger partial charge in [-0.25, -0.2) is 15.0 Å². The summed E-state index contributed by atoms with van der Waals surface area (Å²) in [4.78, 5) is 15.2. The fourth-order valence-corrected chi connectivity index (χ4v) is 9.03. The van der Waals surface area contributed by atoms with Crippen LogP contribution >= 0.6 is 0 Å². The zero-order valence-electron chi connectivity index (χ0n) is 32.4. The van der Waals surface area contributed by atoms with Crippen LogP contribution in [0.1, 0.15) is 0 Å². The van der Waals surface area contributed by atoms with Gasteiger partial charge in [0.2, 0.25) is 0 Å². The van der Waals surface area contributed by atoms with Crippen molar-refractivity contribution in [2.75, 3.05) is 0 Å². The largest absolute Gasteiger partial charge is 0.309 e. The Morgan fingerprint density at radius 2 is 0.650 bits per heavy atom. The maximum absolute atomic E-state index is 5.12. The number of fused-ring (bicyclic) bond motifs is 8. The van der Waals surface area contributed by atoms with E-state index in [-0.39, 0.29) is 0 Å². The van der Waals surface area contributed by atoms with E-state index in [4.69, 9.17) is 15.0 Å². The van der Waals surface area contributed by atoms with Crippen LogP contribution in [0.5, 0.6) is 0 Å². The molecule has 0 unspecified atom stereocenters. The molecule has 0 N–H and O–H groups in total. The molecule has 3 heterocycles. The number of aromatic nitrogens is 5. The lowest BCUT2D eigenvalue weighted by atomic mass is 9.94. The highest BCUT2D eigenvalue weighted by Gasteiger charge is 2.19. The van der Waals surface area contributed by atoms with Crippen LogP contribution in [0.25, 0.3) is 111 Å². The van der Waals surface area contributed by atoms with Crippen molar-refractivity contribution in [2.45, 2.75) is 0 Å². The Bertz CT molecular complexity index is 3510. The third kappa shape index (κ3) is 5.44. The molecular formula is C55H35N5. The van der Waals surface area contributed by atoms with Crippen LogP contribution in [0, 0.1) is 0 Å². The second-order valence-corrected chi connectivity index (χ2v) is 15.2. The summed E-state index contributed by atoms with van der Waals surface area (Å²) in [5.74, 6) is 1.89. The van der Waals surface area contributed by atoms with Crippen molar-refractivity contribution in [1.82, 2.24) is 24.1 Å². The van der Waals surface area contributed by atoms with Crippen LogP contribution in [0.4, 0.5) is 0 Å². The molecule has 0 aliphatic carbocycles. The van der Waals surface area contributed by atoms with E-state index in [1.54, 1.807) is 0 Å². The van der Waals surface area contributed by atoms with Crippen molar-refractivity contribution in [2.24, 2.45) is 0 Å². The van der Waals surface area contributed by atoms with Crippen LogP contribution in [0.3, 0.4) is 0 Å². The van der Waals surface area contributed by atoms with E-state index in [0.717, 1.165) is 33.6 Å². The minimum absolute atomic E-state index is 0.626.